The number of aromatic nitrogens is 1. The summed E-state index contributed by atoms with van der Waals surface area (Å²) in [7, 11) is 1.73. The first-order valence-corrected chi connectivity index (χ1v) is 6.69. The van der Waals surface area contributed by atoms with Gasteiger partial charge < -0.3 is 15.3 Å². The molecule has 0 atom stereocenters. The van der Waals surface area contributed by atoms with Gasteiger partial charge in [-0.15, -0.1) is 0 Å². The van der Waals surface area contributed by atoms with Gasteiger partial charge in [-0.3, -0.25) is 9.78 Å². The van der Waals surface area contributed by atoms with Crippen molar-refractivity contribution >= 4 is 12.0 Å². The van der Waals surface area contributed by atoms with Crippen LogP contribution in [-0.4, -0.2) is 40.6 Å². The number of pyridine rings is 1. The lowest BCUT2D eigenvalue weighted by Crippen LogP contribution is -2.37. The molecule has 1 heterocycles. The van der Waals surface area contributed by atoms with E-state index in [1.54, 1.807) is 24.3 Å². The van der Waals surface area contributed by atoms with Crippen LogP contribution in [0.25, 0.3) is 0 Å². The summed E-state index contributed by atoms with van der Waals surface area (Å²) in [5, 5.41) is 11.3. The second kappa shape index (κ2) is 8.90. The van der Waals surface area contributed by atoms with Gasteiger partial charge in [0.25, 0.3) is 0 Å². The van der Waals surface area contributed by atoms with E-state index >= 15 is 0 Å². The Bertz CT molecular complexity index is 423. The molecule has 0 saturated carbocycles. The van der Waals surface area contributed by atoms with Crippen LogP contribution in [0.15, 0.2) is 24.5 Å². The lowest BCUT2D eigenvalue weighted by atomic mass is 10.2. The number of nitrogens with one attached hydrogen (secondary N) is 1. The van der Waals surface area contributed by atoms with E-state index in [-0.39, 0.29) is 12.5 Å². The van der Waals surface area contributed by atoms with Gasteiger partial charge in [-0.2, -0.15) is 0 Å². The highest BCUT2D eigenvalue weighted by Crippen LogP contribution is 2.02. The zero-order valence-electron chi connectivity index (χ0n) is 11.7. The molecule has 6 heteroatoms. The number of urea groups is 1. The molecule has 0 aliphatic carbocycles. The Labute approximate surface area is 118 Å². The number of carboxylic acids is 1. The van der Waals surface area contributed by atoms with Crippen molar-refractivity contribution in [2.75, 3.05) is 13.6 Å². The van der Waals surface area contributed by atoms with Crippen LogP contribution in [0.5, 0.6) is 0 Å². The predicted octanol–water partition coefficient (Wildman–Crippen LogP) is 1.87. The van der Waals surface area contributed by atoms with E-state index in [0.717, 1.165) is 18.4 Å². The highest BCUT2D eigenvalue weighted by atomic mass is 16.4. The van der Waals surface area contributed by atoms with Crippen LogP contribution in [0.1, 0.15) is 31.2 Å². The third kappa shape index (κ3) is 6.72. The molecule has 0 saturated heterocycles. The number of amides is 2. The minimum atomic E-state index is -0.773. The smallest absolute Gasteiger partial charge is 0.317 e. The minimum absolute atomic E-state index is 0.132. The summed E-state index contributed by atoms with van der Waals surface area (Å²) in [6.07, 6.45) is 5.86. The summed E-state index contributed by atoms with van der Waals surface area (Å²) in [5.41, 5.74) is 0.978. The van der Waals surface area contributed by atoms with Gasteiger partial charge in [-0.05, 0) is 24.5 Å². The maximum atomic E-state index is 11.8. The third-order valence-electron chi connectivity index (χ3n) is 2.83. The van der Waals surface area contributed by atoms with Crippen LogP contribution in [0.3, 0.4) is 0 Å². The van der Waals surface area contributed by atoms with Crippen molar-refractivity contribution in [2.45, 2.75) is 32.2 Å². The molecule has 0 fully saturated rings. The number of nitrogens with zero attached hydrogens (tertiary/aromatic N) is 2. The largest absolute Gasteiger partial charge is 0.481 e. The number of rotatable bonds is 8. The zero-order chi connectivity index (χ0) is 14.8. The fraction of sp³-hybridized carbons (Fsp3) is 0.500. The third-order valence-corrected chi connectivity index (χ3v) is 2.83. The first-order chi connectivity index (χ1) is 9.59. The van der Waals surface area contributed by atoms with Crippen molar-refractivity contribution in [3.8, 4) is 0 Å². The molecule has 1 rings (SSSR count). The predicted molar refractivity (Wildman–Crippen MR) is 75.2 cm³/mol. The SMILES string of the molecule is CN(Cc1cccnc1)C(=O)NCCCCCC(=O)O. The van der Waals surface area contributed by atoms with E-state index < -0.39 is 5.97 Å². The number of carbonyl (C=O) groups excluding carboxylic acids is 1. The Kier molecular flexibility index (Phi) is 7.10. The highest BCUT2D eigenvalue weighted by Gasteiger charge is 2.08. The standard InChI is InChI=1S/C14H21N3O3/c1-17(11-12-6-5-8-15-10-12)14(20)16-9-4-2-3-7-13(18)19/h5-6,8,10H,2-4,7,9,11H2,1H3,(H,16,20)(H,18,19). The molecular formula is C14H21N3O3. The normalized spacial score (nSPS) is 10.1. The number of carboxylic acid groups (broad SMARTS) is 1. The van der Waals surface area contributed by atoms with Crippen LogP contribution < -0.4 is 5.32 Å². The van der Waals surface area contributed by atoms with Crippen LogP contribution >= 0.6 is 0 Å². The van der Waals surface area contributed by atoms with Gasteiger partial charge in [0.15, 0.2) is 0 Å². The summed E-state index contributed by atoms with van der Waals surface area (Å²) < 4.78 is 0. The molecule has 0 aliphatic rings. The van der Waals surface area contributed by atoms with Crippen molar-refractivity contribution in [3.63, 3.8) is 0 Å². The molecule has 0 unspecified atom stereocenters. The fourth-order valence-electron chi connectivity index (χ4n) is 1.75. The molecule has 0 bridgehead atoms. The molecule has 1 aromatic rings. The molecule has 0 radical (unpaired) electrons. The molecular weight excluding hydrogens is 258 g/mol. The second-order valence-electron chi connectivity index (χ2n) is 4.65. The monoisotopic (exact) mass is 279 g/mol. The number of carbonyl (C=O) groups is 2. The Balaban J connectivity index is 2.14. The average molecular weight is 279 g/mol. The van der Waals surface area contributed by atoms with Crippen LogP contribution in [0.4, 0.5) is 4.79 Å². The van der Waals surface area contributed by atoms with E-state index in [1.807, 2.05) is 12.1 Å². The summed E-state index contributed by atoms with van der Waals surface area (Å²) in [6.45, 7) is 1.08. The number of aliphatic carboxylic acids is 1. The van der Waals surface area contributed by atoms with Crippen molar-refractivity contribution in [2.24, 2.45) is 0 Å². The van der Waals surface area contributed by atoms with Crippen molar-refractivity contribution in [1.29, 1.82) is 0 Å². The van der Waals surface area contributed by atoms with Gasteiger partial charge in [-0.25, -0.2) is 4.79 Å². The van der Waals surface area contributed by atoms with E-state index in [4.69, 9.17) is 5.11 Å². The highest BCUT2D eigenvalue weighted by molar-refractivity contribution is 5.73. The molecule has 2 N–H and O–H groups in total. The van der Waals surface area contributed by atoms with Gasteiger partial charge in [0.2, 0.25) is 0 Å². The lowest BCUT2D eigenvalue weighted by molar-refractivity contribution is -0.137. The topological polar surface area (TPSA) is 82.5 Å². The molecule has 2 amide bonds. The quantitative estimate of drug-likeness (QED) is 0.712. The molecule has 1 aromatic heterocycles. The van der Waals surface area contributed by atoms with Gasteiger partial charge in [0.05, 0.1) is 0 Å². The Hall–Kier alpha value is -2.11. The van der Waals surface area contributed by atoms with Crippen LogP contribution in [-0.2, 0) is 11.3 Å². The first-order valence-electron chi connectivity index (χ1n) is 6.69. The Morgan fingerprint density at radius 1 is 1.35 bits per heavy atom. The summed E-state index contributed by atoms with van der Waals surface area (Å²) in [4.78, 5) is 27.7. The van der Waals surface area contributed by atoms with E-state index in [1.165, 1.54) is 0 Å². The average Bonchev–Trinajstić information content (AvgIpc) is 2.43. The van der Waals surface area contributed by atoms with Gasteiger partial charge in [-0.1, -0.05) is 12.5 Å². The van der Waals surface area contributed by atoms with Crippen molar-refractivity contribution in [1.82, 2.24) is 15.2 Å². The Morgan fingerprint density at radius 2 is 2.15 bits per heavy atom. The maximum absolute atomic E-state index is 11.8. The second-order valence-corrected chi connectivity index (χ2v) is 4.65. The zero-order valence-corrected chi connectivity index (χ0v) is 11.7. The molecule has 0 aliphatic heterocycles. The number of unbranched alkanes of at least 4 members (excludes halogenated alkanes) is 2. The van der Waals surface area contributed by atoms with Crippen molar-refractivity contribution < 1.29 is 14.7 Å². The van der Waals surface area contributed by atoms with Gasteiger partial charge in [0.1, 0.15) is 0 Å². The molecule has 0 aromatic carbocycles. The first kappa shape index (κ1) is 15.9. The van der Waals surface area contributed by atoms with E-state index in [2.05, 4.69) is 10.3 Å². The minimum Gasteiger partial charge on any atom is -0.481 e. The number of hydrogen-bond donors (Lipinski definition) is 2. The summed E-state index contributed by atoms with van der Waals surface area (Å²) in [5.74, 6) is -0.773. The maximum Gasteiger partial charge on any atom is 0.317 e. The molecule has 110 valence electrons. The van der Waals surface area contributed by atoms with E-state index in [0.29, 0.717) is 19.5 Å². The molecule has 0 spiro atoms. The van der Waals surface area contributed by atoms with Gasteiger partial charge >= 0.3 is 12.0 Å². The molecule has 6 nitrogen and oxygen atoms in total. The van der Waals surface area contributed by atoms with Crippen LogP contribution in [0.2, 0.25) is 0 Å². The molecule has 20 heavy (non-hydrogen) atoms. The van der Waals surface area contributed by atoms with Crippen LogP contribution in [0, 0.1) is 0 Å². The fourth-order valence-corrected chi connectivity index (χ4v) is 1.75. The number of hydrogen-bond acceptors (Lipinski definition) is 3. The van der Waals surface area contributed by atoms with Gasteiger partial charge in [0, 0.05) is 39.0 Å². The lowest BCUT2D eigenvalue weighted by Gasteiger charge is -2.17. The van der Waals surface area contributed by atoms with E-state index in [9.17, 15) is 9.59 Å². The summed E-state index contributed by atoms with van der Waals surface area (Å²) in [6, 6.07) is 3.62. The van der Waals surface area contributed by atoms with Crippen molar-refractivity contribution in [3.05, 3.63) is 30.1 Å². The summed E-state index contributed by atoms with van der Waals surface area (Å²) >= 11 is 0. The Morgan fingerprint density at radius 3 is 2.80 bits per heavy atom.